The van der Waals surface area contributed by atoms with E-state index in [0.717, 1.165) is 24.8 Å². The van der Waals surface area contributed by atoms with E-state index in [1.807, 2.05) is 0 Å². The minimum atomic E-state index is 0.349. The van der Waals surface area contributed by atoms with Gasteiger partial charge >= 0.3 is 0 Å². The van der Waals surface area contributed by atoms with Crippen molar-refractivity contribution in [3.63, 3.8) is 0 Å². The van der Waals surface area contributed by atoms with Crippen LogP contribution in [0.1, 0.15) is 65.2 Å². The average Bonchev–Trinajstić information content (AvgIpc) is 2.60. The summed E-state index contributed by atoms with van der Waals surface area (Å²) in [5.74, 6) is 0.349. The van der Waals surface area contributed by atoms with Crippen LogP contribution in [0, 0.1) is 0 Å². The number of rotatable bonds is 7. The zero-order chi connectivity index (χ0) is 11.8. The number of carbonyl (C=O) groups excluding carboxylic acids is 1. The minimum absolute atomic E-state index is 0.349. The molecule has 0 heterocycles. The van der Waals surface area contributed by atoms with Crippen LogP contribution in [-0.4, -0.2) is 5.78 Å². The summed E-state index contributed by atoms with van der Waals surface area (Å²) < 4.78 is 0. The Balaban J connectivity index is 2.32. The van der Waals surface area contributed by atoms with E-state index in [9.17, 15) is 4.79 Å². The maximum Gasteiger partial charge on any atom is 0.163 e. The largest absolute Gasteiger partial charge is 0.294 e. The first-order valence-corrected chi connectivity index (χ1v) is 6.70. The summed E-state index contributed by atoms with van der Waals surface area (Å²) in [6.45, 7) is 4.36. The van der Waals surface area contributed by atoms with Gasteiger partial charge in [0.15, 0.2) is 5.78 Å². The molecule has 16 heavy (non-hydrogen) atoms. The van der Waals surface area contributed by atoms with Crippen LogP contribution >= 0.6 is 0 Å². The van der Waals surface area contributed by atoms with Crippen LogP contribution in [0.25, 0.3) is 0 Å². The lowest BCUT2D eigenvalue weighted by Gasteiger charge is -1.95. The number of hydrogen-bond acceptors (Lipinski definition) is 1. The molecule has 90 valence electrons. The minimum Gasteiger partial charge on any atom is -0.294 e. The van der Waals surface area contributed by atoms with E-state index in [1.165, 1.54) is 31.3 Å². The van der Waals surface area contributed by atoms with Crippen molar-refractivity contribution < 1.29 is 4.79 Å². The van der Waals surface area contributed by atoms with Crippen LogP contribution < -0.4 is 0 Å². The Kier molecular flexibility index (Phi) is 6.14. The van der Waals surface area contributed by atoms with E-state index in [2.05, 4.69) is 26.0 Å². The van der Waals surface area contributed by atoms with Gasteiger partial charge in [-0.15, -0.1) is 0 Å². The average molecular weight is 220 g/mol. The fraction of sp³-hybridized carbons (Fsp3) is 0.667. The molecule has 0 radical (unpaired) electrons. The predicted molar refractivity (Wildman–Crippen MR) is 69.5 cm³/mol. The lowest BCUT2D eigenvalue weighted by Crippen LogP contribution is -1.94. The van der Waals surface area contributed by atoms with E-state index < -0.39 is 0 Å². The van der Waals surface area contributed by atoms with Gasteiger partial charge in [0.05, 0.1) is 0 Å². The van der Waals surface area contributed by atoms with Gasteiger partial charge in [0.2, 0.25) is 0 Å². The van der Waals surface area contributed by atoms with E-state index >= 15 is 0 Å². The maximum atomic E-state index is 11.6. The molecular weight excluding hydrogens is 196 g/mol. The molecule has 0 bridgehead atoms. The summed E-state index contributed by atoms with van der Waals surface area (Å²) in [4.78, 5) is 11.6. The molecule has 1 nitrogen and oxygen atoms in total. The first-order valence-electron chi connectivity index (χ1n) is 6.70. The van der Waals surface area contributed by atoms with Gasteiger partial charge in [-0.25, -0.2) is 0 Å². The SMILES string of the molecule is CCCCCC/C=C1/C=C(CCC)C(=O)C1. The van der Waals surface area contributed by atoms with Gasteiger partial charge in [-0.1, -0.05) is 51.7 Å². The van der Waals surface area contributed by atoms with Crippen LogP contribution in [0.4, 0.5) is 0 Å². The number of Topliss-reactive ketones (excluding diaryl/α,β-unsaturated/α-hetero) is 1. The third-order valence-electron chi connectivity index (χ3n) is 3.07. The van der Waals surface area contributed by atoms with Crippen LogP contribution in [0.3, 0.4) is 0 Å². The highest BCUT2D eigenvalue weighted by Gasteiger charge is 2.17. The van der Waals surface area contributed by atoms with Gasteiger partial charge in [0.1, 0.15) is 0 Å². The predicted octanol–water partition coefficient (Wildman–Crippen LogP) is 4.58. The van der Waals surface area contributed by atoms with Gasteiger partial charge in [-0.3, -0.25) is 4.79 Å². The third kappa shape index (κ3) is 4.34. The summed E-state index contributed by atoms with van der Waals surface area (Å²) in [6.07, 6.45) is 13.4. The summed E-state index contributed by atoms with van der Waals surface area (Å²) >= 11 is 0. The second-order valence-corrected chi connectivity index (χ2v) is 4.65. The Bertz CT molecular complexity index is 284. The molecule has 0 aromatic carbocycles. The normalized spacial score (nSPS) is 18.2. The molecule has 0 saturated carbocycles. The molecule has 0 atom stereocenters. The zero-order valence-corrected chi connectivity index (χ0v) is 10.7. The van der Waals surface area contributed by atoms with Crippen molar-refractivity contribution >= 4 is 5.78 Å². The molecule has 0 unspecified atom stereocenters. The molecule has 1 aliphatic rings. The smallest absolute Gasteiger partial charge is 0.163 e. The number of ketones is 1. The van der Waals surface area contributed by atoms with Crippen molar-refractivity contribution in [2.45, 2.75) is 65.2 Å². The van der Waals surface area contributed by atoms with Gasteiger partial charge in [-0.2, -0.15) is 0 Å². The van der Waals surface area contributed by atoms with E-state index in [-0.39, 0.29) is 0 Å². The first-order chi connectivity index (χ1) is 7.77. The lowest BCUT2D eigenvalue weighted by molar-refractivity contribution is -0.114. The van der Waals surface area contributed by atoms with Crippen molar-refractivity contribution in [2.24, 2.45) is 0 Å². The molecule has 0 amide bonds. The fourth-order valence-electron chi connectivity index (χ4n) is 2.12. The van der Waals surface area contributed by atoms with Crippen molar-refractivity contribution in [2.75, 3.05) is 0 Å². The molecule has 0 aliphatic heterocycles. The summed E-state index contributed by atoms with van der Waals surface area (Å²) in [6, 6.07) is 0. The molecule has 0 aromatic rings. The highest BCUT2D eigenvalue weighted by atomic mass is 16.1. The highest BCUT2D eigenvalue weighted by molar-refractivity contribution is 6.01. The maximum absolute atomic E-state index is 11.6. The van der Waals surface area contributed by atoms with Crippen LogP contribution in [0.15, 0.2) is 23.3 Å². The van der Waals surface area contributed by atoms with E-state index in [1.54, 1.807) is 0 Å². The Morgan fingerprint density at radius 3 is 2.69 bits per heavy atom. The number of unbranched alkanes of at least 4 members (excludes halogenated alkanes) is 4. The molecule has 1 heteroatoms. The number of carbonyl (C=O) groups is 1. The first kappa shape index (κ1) is 13.2. The molecule has 1 aliphatic carbocycles. The third-order valence-corrected chi connectivity index (χ3v) is 3.07. The number of allylic oxidation sites excluding steroid dienone is 4. The van der Waals surface area contributed by atoms with E-state index in [0.29, 0.717) is 12.2 Å². The number of hydrogen-bond donors (Lipinski definition) is 0. The zero-order valence-electron chi connectivity index (χ0n) is 10.7. The van der Waals surface area contributed by atoms with Crippen molar-refractivity contribution in [3.8, 4) is 0 Å². The Hall–Kier alpha value is -0.850. The Labute approximate surface area is 99.6 Å². The molecule has 1 rings (SSSR count). The van der Waals surface area contributed by atoms with Gasteiger partial charge in [-0.05, 0) is 30.4 Å². The van der Waals surface area contributed by atoms with Crippen LogP contribution in [0.2, 0.25) is 0 Å². The van der Waals surface area contributed by atoms with Crippen molar-refractivity contribution in [1.29, 1.82) is 0 Å². The van der Waals surface area contributed by atoms with Crippen LogP contribution in [0.5, 0.6) is 0 Å². The standard InChI is InChI=1S/C15H24O/c1-3-5-6-7-8-10-13-11-14(9-4-2)15(16)12-13/h10-11H,3-9,12H2,1-2H3/b13-10-. The molecule has 0 aromatic heterocycles. The summed E-state index contributed by atoms with van der Waals surface area (Å²) in [5.41, 5.74) is 2.30. The topological polar surface area (TPSA) is 17.1 Å². The monoisotopic (exact) mass is 220 g/mol. The fourth-order valence-corrected chi connectivity index (χ4v) is 2.12. The molecule has 0 N–H and O–H groups in total. The second kappa shape index (κ2) is 7.43. The quantitative estimate of drug-likeness (QED) is 0.574. The van der Waals surface area contributed by atoms with Crippen molar-refractivity contribution in [3.05, 3.63) is 23.3 Å². The molecular formula is C15H24O. The van der Waals surface area contributed by atoms with Crippen LogP contribution in [-0.2, 0) is 4.79 Å². The van der Waals surface area contributed by atoms with Gasteiger partial charge < -0.3 is 0 Å². The summed E-state index contributed by atoms with van der Waals surface area (Å²) in [5, 5.41) is 0. The second-order valence-electron chi connectivity index (χ2n) is 4.65. The Morgan fingerprint density at radius 2 is 2.00 bits per heavy atom. The van der Waals surface area contributed by atoms with E-state index in [4.69, 9.17) is 0 Å². The molecule has 0 saturated heterocycles. The highest BCUT2D eigenvalue weighted by Crippen LogP contribution is 2.24. The lowest BCUT2D eigenvalue weighted by atomic mass is 10.1. The molecule has 0 spiro atoms. The Morgan fingerprint density at radius 1 is 1.19 bits per heavy atom. The van der Waals surface area contributed by atoms with Crippen molar-refractivity contribution in [1.82, 2.24) is 0 Å². The summed E-state index contributed by atoms with van der Waals surface area (Å²) in [7, 11) is 0. The molecule has 0 fully saturated rings. The van der Waals surface area contributed by atoms with Gasteiger partial charge in [0.25, 0.3) is 0 Å². The van der Waals surface area contributed by atoms with Gasteiger partial charge in [0, 0.05) is 6.42 Å².